The lowest BCUT2D eigenvalue weighted by Gasteiger charge is -2.09. The highest BCUT2D eigenvalue weighted by atomic mass is 35.5. The molecule has 0 unspecified atom stereocenters. The average Bonchev–Trinajstić information content (AvgIpc) is 2.41. The lowest BCUT2D eigenvalue weighted by molar-refractivity contribution is 0.234. The van der Waals surface area contributed by atoms with E-state index in [9.17, 15) is 4.79 Å². The molecule has 20 heavy (non-hydrogen) atoms. The first-order chi connectivity index (χ1) is 9.63. The van der Waals surface area contributed by atoms with Crippen LogP contribution in [0.5, 0.6) is 5.75 Å². The Bertz CT molecular complexity index is 587. The number of aromatic nitrogens is 1. The molecule has 1 aromatic heterocycles. The molecule has 104 valence electrons. The highest BCUT2D eigenvalue weighted by Crippen LogP contribution is 2.14. The lowest BCUT2D eigenvalue weighted by Crippen LogP contribution is -2.32. The van der Waals surface area contributed by atoms with Gasteiger partial charge in [-0.25, -0.2) is 9.78 Å². The van der Waals surface area contributed by atoms with Crippen molar-refractivity contribution in [1.29, 1.82) is 0 Å². The number of rotatable bonds is 4. The standard InChI is InChI=1S/C14H14ClN3O2/c1-10-6-7-16-13(8-10)18-14(19)17-9-20-12-4-2-11(15)3-5-12/h2-8H,9H2,1H3,(H2,16,17,18,19). The number of aryl methyl sites for hydroxylation is 1. The molecule has 0 saturated carbocycles. The Balaban J connectivity index is 1.76. The number of anilines is 1. The molecule has 2 N–H and O–H groups in total. The number of ether oxygens (including phenoxy) is 1. The largest absolute Gasteiger partial charge is 0.473 e. The minimum absolute atomic E-state index is 0.0548. The van der Waals surface area contributed by atoms with Crippen molar-refractivity contribution in [3.05, 3.63) is 53.2 Å². The van der Waals surface area contributed by atoms with Crippen LogP contribution in [-0.2, 0) is 0 Å². The van der Waals surface area contributed by atoms with Crippen LogP contribution in [0, 0.1) is 6.92 Å². The second-order valence-corrected chi connectivity index (χ2v) is 4.53. The van der Waals surface area contributed by atoms with Crippen molar-refractivity contribution in [2.24, 2.45) is 0 Å². The first-order valence-electron chi connectivity index (χ1n) is 5.99. The SMILES string of the molecule is Cc1ccnc(NC(=O)NCOc2ccc(Cl)cc2)c1. The van der Waals surface area contributed by atoms with E-state index >= 15 is 0 Å². The number of carbonyl (C=O) groups is 1. The van der Waals surface area contributed by atoms with Gasteiger partial charge in [-0.3, -0.25) is 5.32 Å². The van der Waals surface area contributed by atoms with Crippen LogP contribution in [0.2, 0.25) is 5.02 Å². The van der Waals surface area contributed by atoms with Gasteiger partial charge in [0, 0.05) is 11.2 Å². The van der Waals surface area contributed by atoms with E-state index < -0.39 is 0 Å². The molecule has 0 aliphatic heterocycles. The number of benzene rings is 1. The Morgan fingerprint density at radius 3 is 2.75 bits per heavy atom. The number of hydrogen-bond acceptors (Lipinski definition) is 3. The molecule has 0 bridgehead atoms. The third-order valence-electron chi connectivity index (χ3n) is 2.44. The van der Waals surface area contributed by atoms with E-state index in [1.165, 1.54) is 0 Å². The van der Waals surface area contributed by atoms with Gasteiger partial charge in [-0.2, -0.15) is 0 Å². The monoisotopic (exact) mass is 291 g/mol. The van der Waals surface area contributed by atoms with Crippen molar-refractivity contribution >= 4 is 23.4 Å². The topological polar surface area (TPSA) is 63.2 Å². The average molecular weight is 292 g/mol. The summed E-state index contributed by atoms with van der Waals surface area (Å²) >= 11 is 5.76. The molecule has 5 nitrogen and oxygen atoms in total. The number of nitrogens with zero attached hydrogens (tertiary/aromatic N) is 1. The molecule has 1 heterocycles. The van der Waals surface area contributed by atoms with E-state index in [0.29, 0.717) is 16.6 Å². The lowest BCUT2D eigenvalue weighted by atomic mass is 10.3. The number of amides is 2. The smallest absolute Gasteiger partial charge is 0.323 e. The summed E-state index contributed by atoms with van der Waals surface area (Å²) in [6.45, 7) is 1.98. The van der Waals surface area contributed by atoms with Crippen LogP contribution in [0.3, 0.4) is 0 Å². The van der Waals surface area contributed by atoms with Gasteiger partial charge in [-0.05, 0) is 48.9 Å². The van der Waals surface area contributed by atoms with E-state index in [0.717, 1.165) is 5.56 Å². The Kier molecular flexibility index (Phi) is 4.79. The molecule has 0 aliphatic carbocycles. The van der Waals surface area contributed by atoms with Crippen molar-refractivity contribution in [2.45, 2.75) is 6.92 Å². The minimum Gasteiger partial charge on any atom is -0.473 e. The van der Waals surface area contributed by atoms with Gasteiger partial charge in [0.1, 0.15) is 11.6 Å². The third-order valence-corrected chi connectivity index (χ3v) is 2.69. The van der Waals surface area contributed by atoms with Gasteiger partial charge in [0.15, 0.2) is 6.73 Å². The van der Waals surface area contributed by atoms with Crippen LogP contribution in [0.15, 0.2) is 42.6 Å². The van der Waals surface area contributed by atoms with Gasteiger partial charge in [0.25, 0.3) is 0 Å². The fourth-order valence-corrected chi connectivity index (χ4v) is 1.61. The number of hydrogen-bond donors (Lipinski definition) is 2. The summed E-state index contributed by atoms with van der Waals surface area (Å²) in [4.78, 5) is 15.6. The molecule has 6 heteroatoms. The minimum atomic E-state index is -0.378. The maximum Gasteiger partial charge on any atom is 0.323 e. The maximum atomic E-state index is 11.6. The quantitative estimate of drug-likeness (QED) is 0.850. The fraction of sp³-hybridized carbons (Fsp3) is 0.143. The van der Waals surface area contributed by atoms with Gasteiger partial charge >= 0.3 is 6.03 Å². The van der Waals surface area contributed by atoms with E-state index in [1.54, 1.807) is 36.5 Å². The zero-order valence-electron chi connectivity index (χ0n) is 10.9. The van der Waals surface area contributed by atoms with Crippen molar-refractivity contribution in [1.82, 2.24) is 10.3 Å². The van der Waals surface area contributed by atoms with E-state index in [-0.39, 0.29) is 12.8 Å². The van der Waals surface area contributed by atoms with Gasteiger partial charge in [0.2, 0.25) is 0 Å². The number of halogens is 1. The van der Waals surface area contributed by atoms with Gasteiger partial charge < -0.3 is 10.1 Å². The van der Waals surface area contributed by atoms with E-state index in [4.69, 9.17) is 16.3 Å². The number of pyridine rings is 1. The Morgan fingerprint density at radius 1 is 1.30 bits per heavy atom. The fourth-order valence-electron chi connectivity index (χ4n) is 1.48. The summed E-state index contributed by atoms with van der Waals surface area (Å²) < 4.78 is 5.34. The van der Waals surface area contributed by atoms with Gasteiger partial charge in [-0.15, -0.1) is 0 Å². The zero-order chi connectivity index (χ0) is 14.4. The van der Waals surface area contributed by atoms with Crippen LogP contribution in [0.1, 0.15) is 5.56 Å². The molecule has 2 amide bonds. The van der Waals surface area contributed by atoms with Crippen LogP contribution in [0.25, 0.3) is 0 Å². The summed E-state index contributed by atoms with van der Waals surface area (Å²) in [5.74, 6) is 1.12. The predicted molar refractivity (Wildman–Crippen MR) is 78.1 cm³/mol. The van der Waals surface area contributed by atoms with Gasteiger partial charge in [0.05, 0.1) is 0 Å². The summed E-state index contributed by atoms with van der Waals surface area (Å²) in [5, 5.41) is 5.82. The van der Waals surface area contributed by atoms with E-state index in [2.05, 4.69) is 15.6 Å². The summed E-state index contributed by atoms with van der Waals surface area (Å²) in [5.41, 5.74) is 1.02. The van der Waals surface area contributed by atoms with Gasteiger partial charge in [-0.1, -0.05) is 11.6 Å². The van der Waals surface area contributed by atoms with Crippen molar-refractivity contribution in [3.8, 4) is 5.75 Å². The molecular weight excluding hydrogens is 278 g/mol. The molecule has 0 atom stereocenters. The van der Waals surface area contributed by atoms with Crippen molar-refractivity contribution < 1.29 is 9.53 Å². The Labute approximate surface area is 121 Å². The molecule has 0 aliphatic rings. The summed E-state index contributed by atoms with van der Waals surface area (Å²) in [6, 6.07) is 10.1. The second-order valence-electron chi connectivity index (χ2n) is 4.09. The van der Waals surface area contributed by atoms with Crippen LogP contribution in [0.4, 0.5) is 10.6 Å². The molecule has 2 rings (SSSR count). The van der Waals surface area contributed by atoms with Crippen LogP contribution < -0.4 is 15.4 Å². The third kappa shape index (κ3) is 4.44. The number of nitrogens with one attached hydrogen (secondary N) is 2. The Hall–Kier alpha value is -2.27. The van der Waals surface area contributed by atoms with Crippen molar-refractivity contribution in [3.63, 3.8) is 0 Å². The zero-order valence-corrected chi connectivity index (χ0v) is 11.6. The van der Waals surface area contributed by atoms with Crippen molar-refractivity contribution in [2.75, 3.05) is 12.0 Å². The molecular formula is C14H14ClN3O2. The first kappa shape index (κ1) is 14.1. The molecule has 1 aromatic carbocycles. The van der Waals surface area contributed by atoms with Crippen LogP contribution in [-0.4, -0.2) is 17.7 Å². The maximum absolute atomic E-state index is 11.6. The van der Waals surface area contributed by atoms with Crippen LogP contribution >= 0.6 is 11.6 Å². The number of carbonyl (C=O) groups excluding carboxylic acids is 1. The normalized spacial score (nSPS) is 9.90. The molecule has 0 spiro atoms. The summed E-state index contributed by atoms with van der Waals surface area (Å²) in [6.07, 6.45) is 1.63. The van der Waals surface area contributed by atoms with E-state index in [1.807, 2.05) is 13.0 Å². The second kappa shape index (κ2) is 6.77. The Morgan fingerprint density at radius 2 is 2.05 bits per heavy atom. The molecule has 0 saturated heterocycles. The highest BCUT2D eigenvalue weighted by Gasteiger charge is 2.02. The summed E-state index contributed by atoms with van der Waals surface area (Å²) in [7, 11) is 0. The molecule has 2 aromatic rings. The molecule has 0 radical (unpaired) electrons. The molecule has 0 fully saturated rings. The predicted octanol–water partition coefficient (Wildman–Crippen LogP) is 3.20. The number of urea groups is 1. The highest BCUT2D eigenvalue weighted by molar-refractivity contribution is 6.30. The first-order valence-corrected chi connectivity index (χ1v) is 6.37.